The Morgan fingerprint density at radius 2 is 2.07 bits per heavy atom. The molecule has 0 aliphatic heterocycles. The largest absolute Gasteiger partial charge is 0.464 e. The van der Waals surface area contributed by atoms with Crippen LogP contribution < -0.4 is 0 Å². The Balaban J connectivity index is 2.34. The first kappa shape index (κ1) is 10.1. The van der Waals surface area contributed by atoms with Crippen molar-refractivity contribution in [2.75, 3.05) is 5.75 Å². The maximum atomic E-state index is 5.40. The minimum absolute atomic E-state index is 0.914. The Bertz CT molecular complexity index is 432. The Kier molecular flexibility index (Phi) is 3.30. The Morgan fingerprint density at radius 1 is 1.20 bits per heavy atom. The first-order valence-corrected chi connectivity index (χ1v) is 5.77. The summed E-state index contributed by atoms with van der Waals surface area (Å²) in [6.07, 6.45) is 3.61. The molecule has 0 saturated heterocycles. The highest BCUT2D eigenvalue weighted by atomic mass is 32.2. The smallest absolute Gasteiger partial charge is 0.134 e. The molecule has 0 amide bonds. The summed E-state index contributed by atoms with van der Waals surface area (Å²) in [5, 5.41) is 0. The van der Waals surface area contributed by atoms with Crippen LogP contribution in [-0.2, 0) is 0 Å². The van der Waals surface area contributed by atoms with Crippen molar-refractivity contribution in [1.29, 1.82) is 0 Å². The SMILES string of the molecule is C=CCSc1ccccc1-c1ccco1. The molecule has 0 atom stereocenters. The highest BCUT2D eigenvalue weighted by molar-refractivity contribution is 7.99. The second kappa shape index (κ2) is 4.89. The minimum Gasteiger partial charge on any atom is -0.464 e. The molecule has 0 bridgehead atoms. The second-order valence-electron chi connectivity index (χ2n) is 3.07. The quantitative estimate of drug-likeness (QED) is 0.560. The van der Waals surface area contributed by atoms with Gasteiger partial charge in [-0.15, -0.1) is 18.3 Å². The summed E-state index contributed by atoms with van der Waals surface area (Å²) in [4.78, 5) is 1.23. The van der Waals surface area contributed by atoms with Crippen LogP contribution in [0.2, 0.25) is 0 Å². The number of hydrogen-bond acceptors (Lipinski definition) is 2. The lowest BCUT2D eigenvalue weighted by Crippen LogP contribution is -1.80. The van der Waals surface area contributed by atoms with E-state index in [1.165, 1.54) is 4.90 Å². The van der Waals surface area contributed by atoms with E-state index in [1.54, 1.807) is 18.0 Å². The molecule has 0 fully saturated rings. The van der Waals surface area contributed by atoms with Gasteiger partial charge in [0.15, 0.2) is 0 Å². The van der Waals surface area contributed by atoms with Crippen LogP contribution in [-0.4, -0.2) is 5.75 Å². The van der Waals surface area contributed by atoms with Crippen LogP contribution in [0.15, 0.2) is 64.6 Å². The van der Waals surface area contributed by atoms with E-state index in [4.69, 9.17) is 4.42 Å². The van der Waals surface area contributed by atoms with E-state index < -0.39 is 0 Å². The normalized spacial score (nSPS) is 10.1. The first-order chi connectivity index (χ1) is 7.42. The molecule has 76 valence electrons. The standard InChI is InChI=1S/C13H12OS/c1-2-10-15-13-8-4-3-6-11(13)12-7-5-9-14-12/h2-9H,1,10H2. The molecular weight excluding hydrogens is 204 g/mol. The maximum absolute atomic E-state index is 5.40. The van der Waals surface area contributed by atoms with Crippen molar-refractivity contribution >= 4 is 11.8 Å². The fourth-order valence-corrected chi connectivity index (χ4v) is 2.17. The summed E-state index contributed by atoms with van der Waals surface area (Å²) in [5.41, 5.74) is 1.15. The number of thioether (sulfide) groups is 1. The van der Waals surface area contributed by atoms with Gasteiger partial charge in [-0.05, 0) is 18.2 Å². The third kappa shape index (κ3) is 2.34. The summed E-state index contributed by atoms with van der Waals surface area (Å²) in [5.74, 6) is 1.83. The van der Waals surface area contributed by atoms with Crippen LogP contribution in [0.1, 0.15) is 0 Å². The lowest BCUT2D eigenvalue weighted by atomic mass is 10.2. The van der Waals surface area contributed by atoms with Gasteiger partial charge in [0.25, 0.3) is 0 Å². The Morgan fingerprint density at radius 3 is 2.80 bits per heavy atom. The van der Waals surface area contributed by atoms with Crippen molar-refractivity contribution in [3.05, 3.63) is 55.3 Å². The van der Waals surface area contributed by atoms with Crippen molar-refractivity contribution < 1.29 is 4.42 Å². The molecule has 1 aromatic heterocycles. The van der Waals surface area contributed by atoms with Gasteiger partial charge in [-0.3, -0.25) is 0 Å². The van der Waals surface area contributed by atoms with Gasteiger partial charge in [0, 0.05) is 16.2 Å². The molecule has 0 aliphatic rings. The molecule has 1 aromatic carbocycles. The highest BCUT2D eigenvalue weighted by Gasteiger charge is 2.05. The maximum Gasteiger partial charge on any atom is 0.134 e. The lowest BCUT2D eigenvalue weighted by molar-refractivity contribution is 0.581. The van der Waals surface area contributed by atoms with Gasteiger partial charge >= 0.3 is 0 Å². The van der Waals surface area contributed by atoms with E-state index in [0.29, 0.717) is 0 Å². The van der Waals surface area contributed by atoms with Crippen molar-refractivity contribution in [2.24, 2.45) is 0 Å². The summed E-state index contributed by atoms with van der Waals surface area (Å²) >= 11 is 1.77. The molecule has 2 heteroatoms. The summed E-state index contributed by atoms with van der Waals surface area (Å²) < 4.78 is 5.40. The van der Waals surface area contributed by atoms with Gasteiger partial charge in [-0.1, -0.05) is 24.3 Å². The molecule has 1 nitrogen and oxygen atoms in total. The third-order valence-corrected chi connectivity index (χ3v) is 3.10. The zero-order chi connectivity index (χ0) is 10.5. The molecule has 0 aliphatic carbocycles. The second-order valence-corrected chi connectivity index (χ2v) is 4.13. The van der Waals surface area contributed by atoms with Crippen molar-refractivity contribution in [3.8, 4) is 11.3 Å². The van der Waals surface area contributed by atoms with Gasteiger partial charge < -0.3 is 4.42 Å². The van der Waals surface area contributed by atoms with Gasteiger partial charge in [0.1, 0.15) is 5.76 Å². The molecule has 15 heavy (non-hydrogen) atoms. The van der Waals surface area contributed by atoms with Gasteiger partial charge in [-0.25, -0.2) is 0 Å². The minimum atomic E-state index is 0.914. The Hall–Kier alpha value is -1.41. The average molecular weight is 216 g/mol. The topological polar surface area (TPSA) is 13.1 Å². The van der Waals surface area contributed by atoms with Crippen LogP contribution >= 0.6 is 11.8 Å². The molecule has 2 aromatic rings. The predicted molar refractivity (Wildman–Crippen MR) is 65.1 cm³/mol. The number of benzene rings is 1. The lowest BCUT2D eigenvalue weighted by Gasteiger charge is -2.04. The van der Waals surface area contributed by atoms with E-state index in [9.17, 15) is 0 Å². The van der Waals surface area contributed by atoms with E-state index in [0.717, 1.165) is 17.1 Å². The van der Waals surface area contributed by atoms with Gasteiger partial charge in [0.05, 0.1) is 6.26 Å². The fraction of sp³-hybridized carbons (Fsp3) is 0.0769. The molecule has 2 rings (SSSR count). The fourth-order valence-electron chi connectivity index (χ4n) is 1.38. The Labute approximate surface area is 93.8 Å². The zero-order valence-electron chi connectivity index (χ0n) is 8.35. The summed E-state index contributed by atoms with van der Waals surface area (Å²) in [7, 11) is 0. The first-order valence-electron chi connectivity index (χ1n) is 4.78. The zero-order valence-corrected chi connectivity index (χ0v) is 9.17. The van der Waals surface area contributed by atoms with E-state index in [2.05, 4.69) is 18.7 Å². The van der Waals surface area contributed by atoms with E-state index in [-0.39, 0.29) is 0 Å². The molecule has 0 unspecified atom stereocenters. The summed E-state index contributed by atoms with van der Waals surface area (Å²) in [6, 6.07) is 12.1. The predicted octanol–water partition coefficient (Wildman–Crippen LogP) is 4.22. The molecule has 0 N–H and O–H groups in total. The monoisotopic (exact) mass is 216 g/mol. The van der Waals surface area contributed by atoms with E-state index in [1.807, 2.05) is 30.3 Å². The van der Waals surface area contributed by atoms with Gasteiger partial charge in [0.2, 0.25) is 0 Å². The number of rotatable bonds is 4. The van der Waals surface area contributed by atoms with Crippen LogP contribution in [0.4, 0.5) is 0 Å². The number of hydrogen-bond donors (Lipinski definition) is 0. The van der Waals surface area contributed by atoms with Crippen LogP contribution in [0, 0.1) is 0 Å². The van der Waals surface area contributed by atoms with Crippen molar-refractivity contribution in [2.45, 2.75) is 4.90 Å². The molecule has 0 saturated carbocycles. The third-order valence-electron chi connectivity index (χ3n) is 2.03. The van der Waals surface area contributed by atoms with Crippen molar-refractivity contribution in [3.63, 3.8) is 0 Å². The van der Waals surface area contributed by atoms with Crippen LogP contribution in [0.5, 0.6) is 0 Å². The molecule has 1 heterocycles. The number of furan rings is 1. The highest BCUT2D eigenvalue weighted by Crippen LogP contribution is 2.31. The molecule has 0 radical (unpaired) electrons. The summed E-state index contributed by atoms with van der Waals surface area (Å²) in [6.45, 7) is 3.72. The molecule has 0 spiro atoms. The van der Waals surface area contributed by atoms with Crippen LogP contribution in [0.3, 0.4) is 0 Å². The van der Waals surface area contributed by atoms with Crippen molar-refractivity contribution in [1.82, 2.24) is 0 Å². The average Bonchev–Trinajstić information content (AvgIpc) is 2.80. The van der Waals surface area contributed by atoms with E-state index >= 15 is 0 Å². The van der Waals surface area contributed by atoms with Gasteiger partial charge in [-0.2, -0.15) is 0 Å². The molecular formula is C13H12OS. The van der Waals surface area contributed by atoms with Crippen LogP contribution in [0.25, 0.3) is 11.3 Å².